The van der Waals surface area contributed by atoms with Crippen LogP contribution < -0.4 is 0 Å². The van der Waals surface area contributed by atoms with Gasteiger partial charge >= 0.3 is 0 Å². The Bertz CT molecular complexity index is 648. The highest BCUT2D eigenvalue weighted by molar-refractivity contribution is 5.79. The summed E-state index contributed by atoms with van der Waals surface area (Å²) in [4.78, 5) is 28.9. The van der Waals surface area contributed by atoms with Crippen LogP contribution >= 0.6 is 0 Å². The van der Waals surface area contributed by atoms with Crippen LogP contribution in [0.4, 0.5) is 0 Å². The van der Waals surface area contributed by atoms with Crippen LogP contribution in [0.1, 0.15) is 50.5 Å². The molecule has 1 aliphatic heterocycles. The molecule has 1 unspecified atom stereocenters. The summed E-state index contributed by atoms with van der Waals surface area (Å²) < 4.78 is 0. The van der Waals surface area contributed by atoms with Crippen molar-refractivity contribution < 1.29 is 9.59 Å². The summed E-state index contributed by atoms with van der Waals surface area (Å²) in [6, 6.07) is 10.1. The van der Waals surface area contributed by atoms with Crippen molar-refractivity contribution >= 4 is 11.8 Å². The minimum atomic E-state index is 0.194. The van der Waals surface area contributed by atoms with E-state index in [0.29, 0.717) is 24.8 Å². The molecule has 1 aromatic carbocycles. The van der Waals surface area contributed by atoms with Crippen molar-refractivity contribution in [1.29, 1.82) is 0 Å². The number of carbonyl (C=O) groups excluding carboxylic acids is 2. The zero-order valence-electron chi connectivity index (χ0n) is 16.5. The van der Waals surface area contributed by atoms with Gasteiger partial charge in [-0.25, -0.2) is 0 Å². The molecule has 0 N–H and O–H groups in total. The van der Waals surface area contributed by atoms with E-state index < -0.39 is 0 Å². The van der Waals surface area contributed by atoms with Gasteiger partial charge in [0.2, 0.25) is 11.8 Å². The molecule has 0 radical (unpaired) electrons. The molecule has 0 spiro atoms. The maximum atomic E-state index is 12.6. The van der Waals surface area contributed by atoms with Gasteiger partial charge in [-0.3, -0.25) is 9.59 Å². The van der Waals surface area contributed by atoms with Gasteiger partial charge in [0.15, 0.2) is 0 Å². The van der Waals surface area contributed by atoms with Crippen LogP contribution in [0.3, 0.4) is 0 Å². The Kier molecular flexibility index (Phi) is 7.08. The quantitative estimate of drug-likeness (QED) is 0.712. The molecule has 1 aliphatic carbocycles. The highest BCUT2D eigenvalue weighted by Gasteiger charge is 2.28. The lowest BCUT2D eigenvalue weighted by molar-refractivity contribution is -0.137. The third-order valence-electron chi connectivity index (χ3n) is 6.00. The fourth-order valence-electron chi connectivity index (χ4n) is 4.18. The first-order chi connectivity index (χ1) is 13.1. The van der Waals surface area contributed by atoms with Crippen LogP contribution in [0.5, 0.6) is 0 Å². The van der Waals surface area contributed by atoms with Crippen molar-refractivity contribution in [2.75, 3.05) is 20.1 Å². The standard InChI is InChI=1S/C23H32N2O2/c1-24(18-20-8-4-2-5-9-20)22(26)13-12-19-14-16-25(17-15-19)23(27)21-10-6-3-7-11-21/h2-6,8-9,19,21H,7,10-18H2,1H3. The number of hydrogen-bond donors (Lipinski definition) is 0. The number of nitrogens with zero attached hydrogens (tertiary/aromatic N) is 2. The van der Waals surface area contributed by atoms with Crippen LogP contribution in [-0.4, -0.2) is 41.8 Å². The zero-order valence-corrected chi connectivity index (χ0v) is 16.5. The van der Waals surface area contributed by atoms with E-state index in [1.807, 2.05) is 30.1 Å². The number of allylic oxidation sites excluding steroid dienone is 2. The van der Waals surface area contributed by atoms with Crippen molar-refractivity contribution in [3.63, 3.8) is 0 Å². The summed E-state index contributed by atoms with van der Waals surface area (Å²) in [6.45, 7) is 2.39. The first kappa shape index (κ1) is 19.7. The van der Waals surface area contributed by atoms with E-state index in [1.165, 1.54) is 0 Å². The maximum Gasteiger partial charge on any atom is 0.226 e. The Hall–Kier alpha value is -2.10. The molecule has 2 aliphatic rings. The highest BCUT2D eigenvalue weighted by atomic mass is 16.2. The second kappa shape index (κ2) is 9.72. The minimum Gasteiger partial charge on any atom is -0.342 e. The average molecular weight is 369 g/mol. The van der Waals surface area contributed by atoms with Gasteiger partial charge in [-0.05, 0) is 50.0 Å². The van der Waals surface area contributed by atoms with E-state index in [9.17, 15) is 9.59 Å². The van der Waals surface area contributed by atoms with E-state index >= 15 is 0 Å². The predicted molar refractivity (Wildman–Crippen MR) is 108 cm³/mol. The van der Waals surface area contributed by atoms with E-state index in [4.69, 9.17) is 0 Å². The molecule has 4 heteroatoms. The first-order valence-corrected chi connectivity index (χ1v) is 10.3. The van der Waals surface area contributed by atoms with E-state index in [0.717, 1.165) is 57.2 Å². The molecule has 1 heterocycles. The molecule has 0 aromatic heterocycles. The molecule has 3 rings (SSSR count). The van der Waals surface area contributed by atoms with E-state index in [1.54, 1.807) is 0 Å². The third kappa shape index (κ3) is 5.69. The molecular weight excluding hydrogens is 336 g/mol. The van der Waals surface area contributed by atoms with Crippen molar-refractivity contribution in [2.24, 2.45) is 11.8 Å². The first-order valence-electron chi connectivity index (χ1n) is 10.3. The fourth-order valence-corrected chi connectivity index (χ4v) is 4.18. The van der Waals surface area contributed by atoms with Gasteiger partial charge in [0.05, 0.1) is 0 Å². The number of piperidine rings is 1. The van der Waals surface area contributed by atoms with Gasteiger partial charge < -0.3 is 9.80 Å². The number of hydrogen-bond acceptors (Lipinski definition) is 2. The van der Waals surface area contributed by atoms with Gasteiger partial charge in [0.25, 0.3) is 0 Å². The molecule has 0 saturated carbocycles. The molecule has 1 atom stereocenters. The zero-order chi connectivity index (χ0) is 19.1. The predicted octanol–water partition coefficient (Wildman–Crippen LogP) is 4.02. The third-order valence-corrected chi connectivity index (χ3v) is 6.00. The van der Waals surface area contributed by atoms with E-state index in [2.05, 4.69) is 29.2 Å². The van der Waals surface area contributed by atoms with Crippen LogP contribution in [0.2, 0.25) is 0 Å². The van der Waals surface area contributed by atoms with Gasteiger partial charge in [0.1, 0.15) is 0 Å². The number of likely N-dealkylation sites (tertiary alicyclic amines) is 1. The monoisotopic (exact) mass is 368 g/mol. The Morgan fingerprint density at radius 3 is 2.48 bits per heavy atom. The van der Waals surface area contributed by atoms with Gasteiger partial charge in [-0.2, -0.15) is 0 Å². The summed E-state index contributed by atoms with van der Waals surface area (Å²) in [5.41, 5.74) is 1.16. The summed E-state index contributed by atoms with van der Waals surface area (Å²) in [6.07, 6.45) is 10.9. The van der Waals surface area contributed by atoms with Crippen molar-refractivity contribution in [3.8, 4) is 0 Å². The molecule has 0 bridgehead atoms. The smallest absolute Gasteiger partial charge is 0.226 e. The van der Waals surface area contributed by atoms with Crippen molar-refractivity contribution in [1.82, 2.24) is 9.80 Å². The van der Waals surface area contributed by atoms with Gasteiger partial charge in [0, 0.05) is 39.0 Å². The molecule has 1 saturated heterocycles. The second-order valence-electron chi connectivity index (χ2n) is 8.02. The number of benzene rings is 1. The Morgan fingerprint density at radius 2 is 1.81 bits per heavy atom. The lowest BCUT2D eigenvalue weighted by Gasteiger charge is -2.34. The topological polar surface area (TPSA) is 40.6 Å². The van der Waals surface area contributed by atoms with Crippen LogP contribution in [0.15, 0.2) is 42.5 Å². The molecule has 1 aromatic rings. The van der Waals surface area contributed by atoms with Gasteiger partial charge in [-0.15, -0.1) is 0 Å². The normalized spacial score (nSPS) is 20.5. The lowest BCUT2D eigenvalue weighted by atomic mass is 9.89. The molecular formula is C23H32N2O2. The van der Waals surface area contributed by atoms with Crippen LogP contribution in [0.25, 0.3) is 0 Å². The SMILES string of the molecule is CN(Cc1ccccc1)C(=O)CCC1CCN(C(=O)C2CC=CCC2)CC1. The van der Waals surface area contributed by atoms with Crippen molar-refractivity contribution in [2.45, 2.75) is 51.5 Å². The summed E-state index contributed by atoms with van der Waals surface area (Å²) in [7, 11) is 1.88. The number of carbonyl (C=O) groups is 2. The largest absolute Gasteiger partial charge is 0.342 e. The Balaban J connectivity index is 1.37. The summed E-state index contributed by atoms with van der Waals surface area (Å²) >= 11 is 0. The van der Waals surface area contributed by atoms with E-state index in [-0.39, 0.29) is 11.8 Å². The average Bonchev–Trinajstić information content (AvgIpc) is 2.73. The minimum absolute atomic E-state index is 0.194. The molecule has 4 nitrogen and oxygen atoms in total. The number of amides is 2. The summed E-state index contributed by atoms with van der Waals surface area (Å²) in [5, 5.41) is 0. The van der Waals surface area contributed by atoms with Crippen molar-refractivity contribution in [3.05, 3.63) is 48.0 Å². The summed E-state index contributed by atoms with van der Waals surface area (Å²) in [5.74, 6) is 1.32. The molecule has 146 valence electrons. The Labute approximate surface area is 163 Å². The Morgan fingerprint density at radius 1 is 1.07 bits per heavy atom. The lowest BCUT2D eigenvalue weighted by Crippen LogP contribution is -2.42. The van der Waals surface area contributed by atoms with Crippen LogP contribution in [0, 0.1) is 11.8 Å². The number of rotatable bonds is 6. The molecule has 2 amide bonds. The molecule has 1 fully saturated rings. The fraction of sp³-hybridized carbons (Fsp3) is 0.565. The highest BCUT2D eigenvalue weighted by Crippen LogP contribution is 2.26. The second-order valence-corrected chi connectivity index (χ2v) is 8.02. The maximum absolute atomic E-state index is 12.6. The van der Waals surface area contributed by atoms with Gasteiger partial charge in [-0.1, -0.05) is 42.5 Å². The van der Waals surface area contributed by atoms with Crippen LogP contribution in [-0.2, 0) is 16.1 Å². The molecule has 27 heavy (non-hydrogen) atoms.